The third kappa shape index (κ3) is 2.66. The molecule has 0 bridgehead atoms. The Morgan fingerprint density at radius 2 is 2.55 bits per heavy atom. The first-order valence-electron chi connectivity index (χ1n) is 3.38. The van der Waals surface area contributed by atoms with Crippen molar-refractivity contribution in [3.63, 3.8) is 0 Å². The van der Waals surface area contributed by atoms with E-state index < -0.39 is 0 Å². The van der Waals surface area contributed by atoms with Gasteiger partial charge in [-0.2, -0.15) is 0 Å². The molecule has 1 heterocycles. The second kappa shape index (κ2) is 4.54. The van der Waals surface area contributed by atoms with Gasteiger partial charge in [-0.15, -0.1) is 11.3 Å². The zero-order chi connectivity index (χ0) is 8.10. The van der Waals surface area contributed by atoms with Crippen molar-refractivity contribution in [2.45, 2.75) is 0 Å². The molecule has 0 aliphatic heterocycles. The van der Waals surface area contributed by atoms with E-state index in [2.05, 4.69) is 5.32 Å². The Kier molecular flexibility index (Phi) is 3.63. The van der Waals surface area contributed by atoms with Crippen LogP contribution in [0.1, 0.15) is 5.56 Å². The van der Waals surface area contributed by atoms with E-state index in [4.69, 9.17) is 11.6 Å². The molecule has 0 amide bonds. The second-order valence-corrected chi connectivity index (χ2v) is 3.63. The molecule has 0 radical (unpaired) electrons. The molecule has 1 N–H and O–H groups in total. The predicted molar refractivity (Wildman–Crippen MR) is 52.3 cm³/mol. The molecule has 1 nitrogen and oxygen atoms in total. The van der Waals surface area contributed by atoms with Crippen LogP contribution in [0.3, 0.4) is 0 Å². The minimum atomic E-state index is 0.859. The van der Waals surface area contributed by atoms with Gasteiger partial charge >= 0.3 is 0 Å². The highest BCUT2D eigenvalue weighted by molar-refractivity contribution is 7.14. The van der Waals surface area contributed by atoms with Crippen LogP contribution in [0.25, 0.3) is 6.08 Å². The van der Waals surface area contributed by atoms with E-state index in [0.29, 0.717) is 0 Å². The summed E-state index contributed by atoms with van der Waals surface area (Å²) in [6, 6.07) is 2.01. The van der Waals surface area contributed by atoms with Crippen molar-refractivity contribution in [3.05, 3.63) is 27.4 Å². The number of halogens is 1. The van der Waals surface area contributed by atoms with Gasteiger partial charge in [0.05, 0.1) is 0 Å². The average Bonchev–Trinajstić information content (AvgIpc) is 2.37. The maximum atomic E-state index is 5.87. The van der Waals surface area contributed by atoms with Crippen molar-refractivity contribution >= 4 is 29.0 Å². The summed E-state index contributed by atoms with van der Waals surface area (Å²) in [4.78, 5) is 0. The van der Waals surface area contributed by atoms with E-state index in [0.717, 1.165) is 16.4 Å². The quantitative estimate of drug-likeness (QED) is 0.767. The molecule has 0 aliphatic carbocycles. The summed E-state index contributed by atoms with van der Waals surface area (Å²) in [6.07, 6.45) is 4.07. The lowest BCUT2D eigenvalue weighted by atomic mass is 10.3. The van der Waals surface area contributed by atoms with Crippen LogP contribution in [0, 0.1) is 0 Å². The van der Waals surface area contributed by atoms with Gasteiger partial charge in [-0.3, -0.25) is 0 Å². The van der Waals surface area contributed by atoms with E-state index >= 15 is 0 Å². The first-order valence-corrected chi connectivity index (χ1v) is 4.64. The average molecular weight is 188 g/mol. The van der Waals surface area contributed by atoms with Gasteiger partial charge in [0.15, 0.2) is 0 Å². The molecule has 1 aromatic heterocycles. The Morgan fingerprint density at radius 1 is 1.73 bits per heavy atom. The minimum Gasteiger partial charge on any atom is -0.316 e. The molecule has 0 atom stereocenters. The van der Waals surface area contributed by atoms with Gasteiger partial charge in [0.2, 0.25) is 0 Å². The standard InChI is InChI=1S/C8H10ClNS/c1-10-5-2-3-7-4-6-11-8(7)9/h2-4,6,10H,5H2,1H3. The Morgan fingerprint density at radius 3 is 3.09 bits per heavy atom. The van der Waals surface area contributed by atoms with E-state index in [9.17, 15) is 0 Å². The minimum absolute atomic E-state index is 0.859. The monoisotopic (exact) mass is 187 g/mol. The SMILES string of the molecule is CNCC=Cc1ccsc1Cl. The Labute approximate surface area is 75.7 Å². The summed E-state index contributed by atoms with van der Waals surface area (Å²) in [5.74, 6) is 0. The first-order chi connectivity index (χ1) is 5.34. The van der Waals surface area contributed by atoms with Gasteiger partial charge in [-0.25, -0.2) is 0 Å². The van der Waals surface area contributed by atoms with E-state index in [-0.39, 0.29) is 0 Å². The summed E-state index contributed by atoms with van der Waals surface area (Å²) in [5.41, 5.74) is 1.10. The third-order valence-electron chi connectivity index (χ3n) is 1.27. The zero-order valence-corrected chi connectivity index (χ0v) is 7.88. The molecule has 0 saturated heterocycles. The van der Waals surface area contributed by atoms with E-state index in [1.807, 2.05) is 30.6 Å². The lowest BCUT2D eigenvalue weighted by Crippen LogP contribution is -2.03. The molecule has 0 saturated carbocycles. The molecule has 1 rings (SSSR count). The first kappa shape index (κ1) is 8.78. The van der Waals surface area contributed by atoms with Gasteiger partial charge < -0.3 is 5.32 Å². The molecule has 1 aromatic rings. The normalized spacial score (nSPS) is 11.1. The molecule has 0 aromatic carbocycles. The molecule has 0 fully saturated rings. The maximum absolute atomic E-state index is 5.87. The fourth-order valence-electron chi connectivity index (χ4n) is 0.725. The largest absolute Gasteiger partial charge is 0.316 e. The van der Waals surface area contributed by atoms with Crippen molar-refractivity contribution in [1.82, 2.24) is 5.32 Å². The number of hydrogen-bond donors (Lipinski definition) is 1. The van der Waals surface area contributed by atoms with Crippen molar-refractivity contribution in [2.75, 3.05) is 13.6 Å². The van der Waals surface area contributed by atoms with Crippen LogP contribution in [0.15, 0.2) is 17.5 Å². The Balaban J connectivity index is 2.56. The lowest BCUT2D eigenvalue weighted by molar-refractivity contribution is 0.922. The molecular formula is C8H10ClNS. The maximum Gasteiger partial charge on any atom is 0.100 e. The molecule has 3 heteroatoms. The molecule has 0 unspecified atom stereocenters. The van der Waals surface area contributed by atoms with Crippen LogP contribution in [-0.2, 0) is 0 Å². The van der Waals surface area contributed by atoms with Crippen LogP contribution in [0.4, 0.5) is 0 Å². The topological polar surface area (TPSA) is 12.0 Å². The Bertz CT molecular complexity index is 242. The smallest absolute Gasteiger partial charge is 0.100 e. The van der Waals surface area contributed by atoms with Crippen molar-refractivity contribution in [2.24, 2.45) is 0 Å². The highest BCUT2D eigenvalue weighted by atomic mass is 35.5. The number of likely N-dealkylation sites (N-methyl/N-ethyl adjacent to an activating group) is 1. The number of hydrogen-bond acceptors (Lipinski definition) is 2. The van der Waals surface area contributed by atoms with Crippen LogP contribution < -0.4 is 5.32 Å². The van der Waals surface area contributed by atoms with Crippen LogP contribution in [0.2, 0.25) is 4.34 Å². The molecule has 0 spiro atoms. The van der Waals surface area contributed by atoms with Gasteiger partial charge in [0, 0.05) is 12.1 Å². The predicted octanol–water partition coefficient (Wildman–Crippen LogP) is 2.63. The van der Waals surface area contributed by atoms with Crippen LogP contribution in [-0.4, -0.2) is 13.6 Å². The summed E-state index contributed by atoms with van der Waals surface area (Å²) in [5, 5.41) is 5.01. The van der Waals surface area contributed by atoms with E-state index in [1.165, 1.54) is 0 Å². The fraction of sp³-hybridized carbons (Fsp3) is 0.250. The van der Waals surface area contributed by atoms with Gasteiger partial charge in [-0.05, 0) is 18.5 Å². The number of nitrogens with one attached hydrogen (secondary N) is 1. The van der Waals surface area contributed by atoms with Gasteiger partial charge in [0.1, 0.15) is 4.34 Å². The second-order valence-electron chi connectivity index (χ2n) is 2.11. The lowest BCUT2D eigenvalue weighted by Gasteiger charge is -1.88. The summed E-state index contributed by atoms with van der Waals surface area (Å²) < 4.78 is 0.859. The summed E-state index contributed by atoms with van der Waals surface area (Å²) in [6.45, 7) is 0.881. The van der Waals surface area contributed by atoms with Gasteiger partial charge in [-0.1, -0.05) is 23.8 Å². The number of rotatable bonds is 3. The zero-order valence-electron chi connectivity index (χ0n) is 6.30. The van der Waals surface area contributed by atoms with Crippen LogP contribution >= 0.6 is 22.9 Å². The van der Waals surface area contributed by atoms with Crippen molar-refractivity contribution in [1.29, 1.82) is 0 Å². The molecule has 60 valence electrons. The van der Waals surface area contributed by atoms with Crippen LogP contribution in [0.5, 0.6) is 0 Å². The van der Waals surface area contributed by atoms with E-state index in [1.54, 1.807) is 11.3 Å². The summed E-state index contributed by atoms with van der Waals surface area (Å²) >= 11 is 7.42. The highest BCUT2D eigenvalue weighted by Crippen LogP contribution is 2.23. The van der Waals surface area contributed by atoms with Gasteiger partial charge in [0.25, 0.3) is 0 Å². The molecule has 0 aliphatic rings. The third-order valence-corrected chi connectivity index (χ3v) is 2.47. The van der Waals surface area contributed by atoms with Crippen molar-refractivity contribution < 1.29 is 0 Å². The molecular weight excluding hydrogens is 178 g/mol. The summed E-state index contributed by atoms with van der Waals surface area (Å²) in [7, 11) is 1.92. The highest BCUT2D eigenvalue weighted by Gasteiger charge is 1.94. The number of thiophene rings is 1. The van der Waals surface area contributed by atoms with Crippen molar-refractivity contribution in [3.8, 4) is 0 Å². The fourth-order valence-corrected chi connectivity index (χ4v) is 1.61. The Hall–Kier alpha value is -0.310. The molecule has 11 heavy (non-hydrogen) atoms.